The van der Waals surface area contributed by atoms with Crippen molar-refractivity contribution in [1.29, 1.82) is 0 Å². The van der Waals surface area contributed by atoms with Crippen LogP contribution in [0.2, 0.25) is 5.15 Å². The van der Waals surface area contributed by atoms with Crippen LogP contribution in [-0.4, -0.2) is 57.9 Å². The molecule has 0 bridgehead atoms. The summed E-state index contributed by atoms with van der Waals surface area (Å²) in [6.07, 6.45) is 10.6. The summed E-state index contributed by atoms with van der Waals surface area (Å²) in [5.41, 5.74) is 5.61. The number of ether oxygens (including phenoxy) is 3. The third-order valence-electron chi connectivity index (χ3n) is 9.33. The van der Waals surface area contributed by atoms with Gasteiger partial charge in [0.15, 0.2) is 0 Å². The first-order valence-corrected chi connectivity index (χ1v) is 19.4. The number of hydrogen-bond donors (Lipinski definition) is 1. The van der Waals surface area contributed by atoms with Crippen LogP contribution in [0.5, 0.6) is 5.75 Å². The number of nitrogens with zero attached hydrogens (tertiary/aromatic N) is 5. The number of carbonyl (C=O) groups excluding carboxylic acids is 2. The predicted molar refractivity (Wildman–Crippen MR) is 201 cm³/mol. The van der Waals surface area contributed by atoms with E-state index < -0.39 is 0 Å². The van der Waals surface area contributed by atoms with Crippen LogP contribution in [0.3, 0.4) is 0 Å². The lowest BCUT2D eigenvalue weighted by Crippen LogP contribution is -2.23. The second kappa shape index (κ2) is 15.6. The first-order chi connectivity index (χ1) is 24.9. The molecule has 0 saturated carbocycles. The van der Waals surface area contributed by atoms with Gasteiger partial charge in [0.1, 0.15) is 39.0 Å². The molecule has 3 aliphatic rings. The van der Waals surface area contributed by atoms with Crippen LogP contribution < -0.4 is 10.1 Å². The topological polar surface area (TPSA) is 138 Å². The van der Waals surface area contributed by atoms with Crippen LogP contribution in [0.1, 0.15) is 72.0 Å². The predicted octanol–water partition coefficient (Wildman–Crippen LogP) is 7.84. The van der Waals surface area contributed by atoms with Gasteiger partial charge in [-0.25, -0.2) is 19.9 Å². The quantitative estimate of drug-likeness (QED) is 0.117. The highest BCUT2D eigenvalue weighted by molar-refractivity contribution is 7.19. The number of hydrogen-bond acceptors (Lipinski definition) is 13. The van der Waals surface area contributed by atoms with Gasteiger partial charge in [-0.05, 0) is 93.2 Å². The van der Waals surface area contributed by atoms with E-state index in [2.05, 4.69) is 49.3 Å². The van der Waals surface area contributed by atoms with E-state index in [1.165, 1.54) is 32.8 Å². The molecule has 0 radical (unpaired) electrons. The number of anilines is 2. The summed E-state index contributed by atoms with van der Waals surface area (Å²) >= 11 is 9.41. The van der Waals surface area contributed by atoms with E-state index in [0.717, 1.165) is 81.8 Å². The van der Waals surface area contributed by atoms with Gasteiger partial charge >= 0.3 is 11.9 Å². The minimum Gasteiger partial charge on any atom is -0.491 e. The number of rotatable bonds is 9. The molecule has 0 spiro atoms. The average Bonchev–Trinajstić information content (AvgIpc) is 3.86. The Morgan fingerprint density at radius 1 is 0.863 bits per heavy atom. The van der Waals surface area contributed by atoms with Crippen molar-refractivity contribution in [3.63, 3.8) is 0 Å². The lowest BCUT2D eigenvalue weighted by Gasteiger charge is -2.21. The smallest absolute Gasteiger partial charge is 0.309 e. The summed E-state index contributed by atoms with van der Waals surface area (Å²) < 4.78 is 16.4. The molecule has 1 aromatic carbocycles. The maximum atomic E-state index is 12.3. The highest BCUT2D eigenvalue weighted by atomic mass is 35.5. The molecule has 51 heavy (non-hydrogen) atoms. The Bertz CT molecular complexity index is 2130. The van der Waals surface area contributed by atoms with Crippen molar-refractivity contribution in [1.82, 2.24) is 19.9 Å². The molecule has 11 nitrogen and oxygen atoms in total. The van der Waals surface area contributed by atoms with Gasteiger partial charge < -0.3 is 19.5 Å². The summed E-state index contributed by atoms with van der Waals surface area (Å²) in [5.74, 6) is 1.28. The molecule has 1 aliphatic heterocycles. The molecule has 266 valence electrons. The van der Waals surface area contributed by atoms with Crippen molar-refractivity contribution in [2.75, 3.05) is 25.1 Å². The zero-order chi connectivity index (χ0) is 35.5. The number of aryl methyl sites for hydroxylation is 2. The van der Waals surface area contributed by atoms with Crippen LogP contribution in [0.4, 0.5) is 11.5 Å². The molecule has 2 aliphatic carbocycles. The summed E-state index contributed by atoms with van der Waals surface area (Å²) in [4.78, 5) is 50.1. The summed E-state index contributed by atoms with van der Waals surface area (Å²) in [6, 6.07) is 4.16. The molecule has 0 saturated heterocycles. The molecule has 5 heterocycles. The molecule has 8 rings (SSSR count). The first kappa shape index (κ1) is 35.2. The summed E-state index contributed by atoms with van der Waals surface area (Å²) in [5, 5.41) is 6.04. The van der Waals surface area contributed by atoms with E-state index in [-0.39, 0.29) is 23.8 Å². The van der Waals surface area contributed by atoms with E-state index >= 15 is 0 Å². The molecule has 5 aromatic rings. The summed E-state index contributed by atoms with van der Waals surface area (Å²) in [7, 11) is 0. The Kier molecular flexibility index (Phi) is 10.8. The van der Waals surface area contributed by atoms with E-state index in [1.807, 2.05) is 20.1 Å². The fourth-order valence-electron chi connectivity index (χ4n) is 6.89. The monoisotopic (exact) mass is 746 g/mol. The second-order valence-electron chi connectivity index (χ2n) is 12.6. The third-order valence-corrected chi connectivity index (χ3v) is 11.9. The molecule has 1 N–H and O–H groups in total. The van der Waals surface area contributed by atoms with Gasteiger partial charge in [-0.2, -0.15) is 0 Å². The molecule has 0 unspecified atom stereocenters. The van der Waals surface area contributed by atoms with Crippen molar-refractivity contribution in [3.05, 3.63) is 61.9 Å². The third kappa shape index (κ3) is 7.29. The van der Waals surface area contributed by atoms with Crippen LogP contribution >= 0.6 is 34.3 Å². The largest absolute Gasteiger partial charge is 0.491 e. The zero-order valence-corrected chi connectivity index (χ0v) is 31.2. The Labute approximate surface area is 308 Å². The van der Waals surface area contributed by atoms with E-state index in [9.17, 15) is 9.59 Å². The maximum absolute atomic E-state index is 12.3. The van der Waals surface area contributed by atoms with E-state index in [4.69, 9.17) is 25.8 Å². The number of thiophene rings is 2. The first-order valence-electron chi connectivity index (χ1n) is 17.4. The number of esters is 2. The van der Waals surface area contributed by atoms with Gasteiger partial charge in [0.05, 0.1) is 54.7 Å². The van der Waals surface area contributed by atoms with Gasteiger partial charge in [-0.3, -0.25) is 14.6 Å². The molecule has 0 amide bonds. The Balaban J connectivity index is 0.000000182. The highest BCUT2D eigenvalue weighted by Crippen LogP contribution is 2.42. The van der Waals surface area contributed by atoms with Crippen LogP contribution in [-0.2, 0) is 51.3 Å². The number of halogens is 1. The van der Waals surface area contributed by atoms with Gasteiger partial charge in [0, 0.05) is 16.0 Å². The molecule has 4 aromatic heterocycles. The number of nitrogens with one attached hydrogen (secondary N) is 1. The van der Waals surface area contributed by atoms with Gasteiger partial charge in [0.25, 0.3) is 0 Å². The van der Waals surface area contributed by atoms with E-state index in [1.54, 1.807) is 29.0 Å². The lowest BCUT2D eigenvalue weighted by molar-refractivity contribution is -0.149. The van der Waals surface area contributed by atoms with Crippen molar-refractivity contribution in [2.45, 2.75) is 72.3 Å². The van der Waals surface area contributed by atoms with Crippen LogP contribution in [0.25, 0.3) is 20.4 Å². The van der Waals surface area contributed by atoms with Crippen molar-refractivity contribution >= 4 is 84.4 Å². The van der Waals surface area contributed by atoms with Crippen molar-refractivity contribution in [3.8, 4) is 5.75 Å². The number of fused-ring (bicyclic) bond motifs is 7. The standard InChI is InChI=1S/C24H26N4O3S.C13H13ClN2O2S/c1-3-7-31-19-9-16-12-25-11-15(16)8-18(19)28-22-21-17-6-5-14(24(29)30-4-2)10-20(17)32-23(21)27-13-26-22;1-2-18-13(17)7-3-4-8-9(5-7)19-12-10(8)11(14)15-6-16-12/h8-9,11,13-14H,3-7,10,12H2,1-2H3,(H,26,27,28);6-7H,2-5H2,1H3/t14-;7-/m00/s1. The Hall–Kier alpha value is -4.20. The number of aliphatic imine (C=N–C) groups is 1. The molecule has 0 fully saturated rings. The van der Waals surface area contributed by atoms with Gasteiger partial charge in [-0.15, -0.1) is 22.7 Å². The van der Waals surface area contributed by atoms with E-state index in [0.29, 0.717) is 37.9 Å². The fraction of sp³-hybridized carbons (Fsp3) is 0.432. The minimum absolute atomic E-state index is 0.0350. The summed E-state index contributed by atoms with van der Waals surface area (Å²) in [6.45, 7) is 7.97. The minimum atomic E-state index is -0.0995. The molecular formula is C37H39ClN6O5S2. The molecular weight excluding hydrogens is 708 g/mol. The lowest BCUT2D eigenvalue weighted by atomic mass is 9.88. The number of benzene rings is 1. The fourth-order valence-corrected chi connectivity index (χ4v) is 9.73. The number of aromatic nitrogens is 4. The maximum Gasteiger partial charge on any atom is 0.309 e. The van der Waals surface area contributed by atoms with Crippen LogP contribution in [0, 0.1) is 11.8 Å². The van der Waals surface area contributed by atoms with Crippen LogP contribution in [0.15, 0.2) is 29.8 Å². The normalized spacial score (nSPS) is 17.3. The molecule has 14 heteroatoms. The van der Waals surface area contributed by atoms with Crippen molar-refractivity contribution in [2.24, 2.45) is 16.8 Å². The average molecular weight is 747 g/mol. The second-order valence-corrected chi connectivity index (χ2v) is 15.2. The van der Waals surface area contributed by atoms with Gasteiger partial charge in [-0.1, -0.05) is 18.5 Å². The molecule has 2 atom stereocenters. The van der Waals surface area contributed by atoms with Gasteiger partial charge in [0.2, 0.25) is 0 Å². The zero-order valence-electron chi connectivity index (χ0n) is 28.8. The van der Waals surface area contributed by atoms with Crippen molar-refractivity contribution < 1.29 is 23.8 Å². The Morgan fingerprint density at radius 3 is 2.14 bits per heavy atom. The SMILES string of the molecule is CCCOc1cc2c(cc1Nc1ncnc3sc4c(c13)CC[C@H](C(=O)OCC)C4)C=NC2.CCOC(=O)[C@H]1CCc2c(sc3ncnc(Cl)c23)C1. The number of carbonyl (C=O) groups is 2. The Morgan fingerprint density at radius 2 is 1.49 bits per heavy atom. The highest BCUT2D eigenvalue weighted by Gasteiger charge is 2.31.